The summed E-state index contributed by atoms with van der Waals surface area (Å²) in [4.78, 5) is 10.3. The first-order chi connectivity index (χ1) is 6.88. The predicted molar refractivity (Wildman–Crippen MR) is 55.7 cm³/mol. The van der Waals surface area contributed by atoms with Crippen molar-refractivity contribution in [2.75, 3.05) is 0 Å². The van der Waals surface area contributed by atoms with Crippen LogP contribution in [0.15, 0.2) is 0 Å². The molecule has 0 spiro atoms. The Morgan fingerprint density at radius 1 is 1.47 bits per heavy atom. The van der Waals surface area contributed by atoms with Crippen LogP contribution < -0.4 is 0 Å². The molecule has 1 aromatic rings. The molecule has 6 heteroatoms. The van der Waals surface area contributed by atoms with Gasteiger partial charge in [0.2, 0.25) is 0 Å². The molecule has 6 nitrogen and oxygen atoms in total. The highest BCUT2D eigenvalue weighted by atomic mass is 16.6. The number of hydrogen-bond acceptors (Lipinski definition) is 4. The Morgan fingerprint density at radius 3 is 2.47 bits per heavy atom. The average Bonchev–Trinajstić information content (AvgIpc) is 2.47. The zero-order chi connectivity index (χ0) is 11.6. The summed E-state index contributed by atoms with van der Waals surface area (Å²) in [7, 11) is 0. The third kappa shape index (κ3) is 2.31. The molecule has 0 aliphatic carbocycles. The molecule has 0 bridgehead atoms. The first-order valence-corrected chi connectivity index (χ1v) is 4.96. The van der Waals surface area contributed by atoms with E-state index in [1.54, 1.807) is 4.68 Å². The lowest BCUT2D eigenvalue weighted by Crippen LogP contribution is -2.20. The minimum absolute atomic E-state index is 0.129. The van der Waals surface area contributed by atoms with Gasteiger partial charge in [-0.25, -0.2) is 4.68 Å². The Hall–Kier alpha value is -1.46. The number of rotatable bonds is 3. The quantitative estimate of drug-likeness (QED) is 0.566. The van der Waals surface area contributed by atoms with E-state index in [1.807, 2.05) is 27.7 Å². The topological polar surface area (TPSA) is 73.8 Å². The van der Waals surface area contributed by atoms with Gasteiger partial charge in [-0.3, -0.25) is 0 Å². The largest absolute Gasteiger partial charge is 0.414 e. The lowest BCUT2D eigenvalue weighted by Gasteiger charge is -2.17. The Labute approximate surface area is 88.4 Å². The fourth-order valence-corrected chi connectivity index (χ4v) is 1.52. The van der Waals surface area contributed by atoms with Crippen molar-refractivity contribution in [3.05, 3.63) is 15.8 Å². The van der Waals surface area contributed by atoms with Gasteiger partial charge in [0.15, 0.2) is 0 Å². The van der Waals surface area contributed by atoms with Gasteiger partial charge in [-0.05, 0) is 11.3 Å². The van der Waals surface area contributed by atoms with Gasteiger partial charge in [0.1, 0.15) is 10.8 Å². The van der Waals surface area contributed by atoms with Crippen molar-refractivity contribution in [3.8, 4) is 0 Å². The van der Waals surface area contributed by atoms with E-state index < -0.39 is 4.92 Å². The minimum Gasteiger partial charge on any atom is -0.358 e. The minimum atomic E-state index is -0.472. The molecule has 15 heavy (non-hydrogen) atoms. The van der Waals surface area contributed by atoms with Gasteiger partial charge in [-0.15, -0.1) is 0 Å². The summed E-state index contributed by atoms with van der Waals surface area (Å²) >= 11 is 0. The van der Waals surface area contributed by atoms with Crippen LogP contribution in [-0.2, 0) is 12.0 Å². The molecule has 0 amide bonds. The molecular weight excluding hydrogens is 196 g/mol. The SMILES string of the molecule is CCCn1nnc([N+](=O)[O-])c1C(C)(C)C. The lowest BCUT2D eigenvalue weighted by molar-refractivity contribution is -0.390. The number of nitro groups is 1. The molecule has 1 rings (SSSR count). The molecule has 1 aromatic heterocycles. The van der Waals surface area contributed by atoms with E-state index in [2.05, 4.69) is 10.3 Å². The molecule has 0 saturated carbocycles. The van der Waals surface area contributed by atoms with Gasteiger partial charge in [0.25, 0.3) is 0 Å². The number of aryl methyl sites for hydroxylation is 1. The molecule has 0 saturated heterocycles. The van der Waals surface area contributed by atoms with Crippen molar-refractivity contribution < 1.29 is 4.92 Å². The van der Waals surface area contributed by atoms with Crippen LogP contribution in [0.3, 0.4) is 0 Å². The van der Waals surface area contributed by atoms with E-state index in [0.29, 0.717) is 12.2 Å². The average molecular weight is 212 g/mol. The number of nitrogens with zero attached hydrogens (tertiary/aromatic N) is 4. The van der Waals surface area contributed by atoms with Crippen molar-refractivity contribution in [2.24, 2.45) is 0 Å². The Balaban J connectivity index is 3.27. The second-order valence-electron chi connectivity index (χ2n) is 4.49. The van der Waals surface area contributed by atoms with E-state index >= 15 is 0 Å². The van der Waals surface area contributed by atoms with Crippen LogP contribution in [0.4, 0.5) is 5.82 Å². The summed E-state index contributed by atoms with van der Waals surface area (Å²) in [6.45, 7) is 8.42. The van der Waals surface area contributed by atoms with Gasteiger partial charge in [-0.2, -0.15) is 0 Å². The molecule has 0 N–H and O–H groups in total. The van der Waals surface area contributed by atoms with Crippen LogP contribution in [0.2, 0.25) is 0 Å². The van der Waals surface area contributed by atoms with Crippen molar-refractivity contribution in [2.45, 2.75) is 46.1 Å². The molecule has 1 heterocycles. The van der Waals surface area contributed by atoms with Crippen molar-refractivity contribution in [1.82, 2.24) is 15.0 Å². The molecule has 0 fully saturated rings. The smallest absolute Gasteiger partial charge is 0.358 e. The monoisotopic (exact) mass is 212 g/mol. The lowest BCUT2D eigenvalue weighted by atomic mass is 9.92. The molecule has 0 unspecified atom stereocenters. The summed E-state index contributed by atoms with van der Waals surface area (Å²) in [6.07, 6.45) is 0.879. The molecule has 0 aliphatic rings. The molecule has 0 atom stereocenters. The molecule has 0 aliphatic heterocycles. The van der Waals surface area contributed by atoms with E-state index in [4.69, 9.17) is 0 Å². The highest BCUT2D eigenvalue weighted by molar-refractivity contribution is 5.31. The van der Waals surface area contributed by atoms with Crippen LogP contribution >= 0.6 is 0 Å². The van der Waals surface area contributed by atoms with Gasteiger partial charge in [0.05, 0.1) is 5.21 Å². The predicted octanol–water partition coefficient (Wildman–Crippen LogP) is 1.89. The summed E-state index contributed by atoms with van der Waals surface area (Å²) in [6, 6.07) is 0. The van der Waals surface area contributed by atoms with Crippen LogP contribution in [0, 0.1) is 10.1 Å². The van der Waals surface area contributed by atoms with Gasteiger partial charge >= 0.3 is 5.82 Å². The fourth-order valence-electron chi connectivity index (χ4n) is 1.52. The Morgan fingerprint density at radius 2 is 2.07 bits per heavy atom. The number of hydrogen-bond donors (Lipinski definition) is 0. The second kappa shape index (κ2) is 3.96. The maximum absolute atomic E-state index is 10.8. The Bertz CT molecular complexity index is 365. The molecule has 0 aromatic carbocycles. The summed E-state index contributed by atoms with van der Waals surface area (Å²) in [5, 5.41) is 18.2. The van der Waals surface area contributed by atoms with Crippen molar-refractivity contribution in [3.63, 3.8) is 0 Å². The first kappa shape index (κ1) is 11.6. The zero-order valence-corrected chi connectivity index (χ0v) is 9.52. The summed E-state index contributed by atoms with van der Waals surface area (Å²) in [5.41, 5.74) is 0.274. The third-order valence-corrected chi connectivity index (χ3v) is 2.04. The van der Waals surface area contributed by atoms with Gasteiger partial charge in [-0.1, -0.05) is 27.7 Å². The van der Waals surface area contributed by atoms with Crippen LogP contribution in [-0.4, -0.2) is 19.9 Å². The van der Waals surface area contributed by atoms with Gasteiger partial charge < -0.3 is 10.1 Å². The Kier molecular flexibility index (Phi) is 3.06. The van der Waals surface area contributed by atoms with Crippen LogP contribution in [0.1, 0.15) is 39.8 Å². The van der Waals surface area contributed by atoms with E-state index in [-0.39, 0.29) is 11.2 Å². The van der Waals surface area contributed by atoms with Crippen molar-refractivity contribution in [1.29, 1.82) is 0 Å². The van der Waals surface area contributed by atoms with Crippen LogP contribution in [0.25, 0.3) is 0 Å². The van der Waals surface area contributed by atoms with E-state index in [1.165, 1.54) is 0 Å². The highest BCUT2D eigenvalue weighted by Crippen LogP contribution is 2.29. The fraction of sp³-hybridized carbons (Fsp3) is 0.778. The number of aromatic nitrogens is 3. The second-order valence-corrected chi connectivity index (χ2v) is 4.49. The molecule has 0 radical (unpaired) electrons. The zero-order valence-electron chi connectivity index (χ0n) is 9.52. The maximum atomic E-state index is 10.8. The van der Waals surface area contributed by atoms with E-state index in [9.17, 15) is 10.1 Å². The van der Waals surface area contributed by atoms with Crippen LogP contribution in [0.5, 0.6) is 0 Å². The first-order valence-electron chi connectivity index (χ1n) is 4.96. The van der Waals surface area contributed by atoms with Crippen molar-refractivity contribution >= 4 is 5.82 Å². The molecular formula is C9H16N4O2. The third-order valence-electron chi connectivity index (χ3n) is 2.04. The van der Waals surface area contributed by atoms with Gasteiger partial charge in [0, 0.05) is 12.0 Å². The van der Waals surface area contributed by atoms with E-state index in [0.717, 1.165) is 6.42 Å². The summed E-state index contributed by atoms with van der Waals surface area (Å²) < 4.78 is 1.62. The maximum Gasteiger partial charge on any atom is 0.414 e. The highest BCUT2D eigenvalue weighted by Gasteiger charge is 2.32. The molecule has 84 valence electrons. The normalized spacial score (nSPS) is 11.7. The standard InChI is InChI=1S/C9H16N4O2/c1-5-6-12-7(9(2,3)4)8(10-11-12)13(14)15/h5-6H2,1-4H3. The summed E-state index contributed by atoms with van der Waals surface area (Å²) in [5.74, 6) is -0.129.